The quantitative estimate of drug-likeness (QED) is 0.289. The molecule has 2 saturated heterocycles. The van der Waals surface area contributed by atoms with E-state index in [9.17, 15) is 14.4 Å². The molecule has 0 unspecified atom stereocenters. The van der Waals surface area contributed by atoms with Gasteiger partial charge in [-0.1, -0.05) is 0 Å². The summed E-state index contributed by atoms with van der Waals surface area (Å²) in [4.78, 5) is 35.3. The number of rotatable bonds is 9. The van der Waals surface area contributed by atoms with E-state index >= 15 is 0 Å². The number of carbonyl (C=O) groups is 3. The number of hydrogen-bond acceptors (Lipinski definition) is 7. The van der Waals surface area contributed by atoms with E-state index in [-0.39, 0.29) is 24.7 Å². The summed E-state index contributed by atoms with van der Waals surface area (Å²) in [5.41, 5.74) is 2.87. The lowest BCUT2D eigenvalue weighted by Crippen LogP contribution is -2.41. The highest BCUT2D eigenvalue weighted by Gasteiger charge is 2.19. The molecule has 3 N–H and O–H groups in total. The molecule has 1 aromatic carbocycles. The van der Waals surface area contributed by atoms with E-state index in [2.05, 4.69) is 21.2 Å². The zero-order chi connectivity index (χ0) is 21.9. The van der Waals surface area contributed by atoms with E-state index in [0.29, 0.717) is 31.0 Å². The van der Waals surface area contributed by atoms with Crippen molar-refractivity contribution in [3.05, 3.63) is 29.8 Å². The molecule has 31 heavy (non-hydrogen) atoms. The molecule has 3 amide bonds. The maximum Gasteiger partial charge on any atom is 0.329 e. The summed E-state index contributed by atoms with van der Waals surface area (Å²) >= 11 is 0. The van der Waals surface area contributed by atoms with Crippen LogP contribution in [-0.2, 0) is 23.9 Å². The van der Waals surface area contributed by atoms with E-state index in [1.807, 2.05) is 0 Å². The van der Waals surface area contributed by atoms with Crippen LogP contribution in [0.2, 0.25) is 0 Å². The molecule has 2 heterocycles. The van der Waals surface area contributed by atoms with Crippen molar-refractivity contribution in [1.29, 1.82) is 0 Å². The Morgan fingerprint density at radius 2 is 1.61 bits per heavy atom. The zero-order valence-corrected chi connectivity index (χ0v) is 17.3. The smallest absolute Gasteiger partial charge is 0.329 e. The summed E-state index contributed by atoms with van der Waals surface area (Å²) in [7, 11) is 0. The van der Waals surface area contributed by atoms with Crippen molar-refractivity contribution >= 4 is 23.9 Å². The highest BCUT2D eigenvalue weighted by Crippen LogP contribution is 2.12. The predicted molar refractivity (Wildman–Crippen MR) is 112 cm³/mol. The first-order valence-corrected chi connectivity index (χ1v) is 10.4. The fraction of sp³-hybridized carbons (Fsp3) is 0.524. The number of nitrogens with zero attached hydrogens (tertiary/aromatic N) is 1. The summed E-state index contributed by atoms with van der Waals surface area (Å²) in [6.45, 7) is 2.15. The minimum atomic E-state index is -0.844. The molecule has 2 aliphatic rings. The standard InChI is InChI=1S/C21H28N4O6/c26-19(22-12-17-3-1-9-29-17)14-31-16-7-5-15(6-8-16)11-24-25-21(28)20(27)23-13-18-4-2-10-30-18/h5-8,11,17-18H,1-4,9-10,12-14H2,(H,22,26)(H,23,27)(H,25,28)/b24-11-/t17-,18+/m0/s1. The third kappa shape index (κ3) is 7.99. The van der Waals surface area contributed by atoms with Crippen molar-refractivity contribution in [3.8, 4) is 5.75 Å². The normalized spacial score (nSPS) is 20.5. The van der Waals surface area contributed by atoms with Gasteiger partial charge < -0.3 is 24.8 Å². The zero-order valence-electron chi connectivity index (χ0n) is 17.3. The van der Waals surface area contributed by atoms with Gasteiger partial charge in [0.15, 0.2) is 6.61 Å². The third-order valence-corrected chi connectivity index (χ3v) is 4.90. The van der Waals surface area contributed by atoms with Gasteiger partial charge in [0, 0.05) is 26.3 Å². The molecule has 0 radical (unpaired) electrons. The second kappa shape index (κ2) is 12.0. The van der Waals surface area contributed by atoms with Crippen LogP contribution in [0.1, 0.15) is 31.2 Å². The summed E-state index contributed by atoms with van der Waals surface area (Å²) < 4.78 is 16.3. The van der Waals surface area contributed by atoms with Gasteiger partial charge in [0.05, 0.1) is 18.4 Å². The molecule has 10 nitrogen and oxygen atoms in total. The lowest BCUT2D eigenvalue weighted by molar-refractivity contribution is -0.139. The first kappa shape index (κ1) is 22.7. The summed E-state index contributed by atoms with van der Waals surface area (Å²) in [6.07, 6.45) is 5.29. The van der Waals surface area contributed by atoms with Crippen LogP contribution in [0, 0.1) is 0 Å². The Hall–Kier alpha value is -2.98. The Bertz CT molecular complexity index is 771. The highest BCUT2D eigenvalue weighted by molar-refractivity contribution is 6.35. The number of ether oxygens (including phenoxy) is 3. The van der Waals surface area contributed by atoms with E-state index in [4.69, 9.17) is 14.2 Å². The SMILES string of the molecule is O=C(COc1ccc(/C=N\NC(=O)C(=O)NC[C@H]2CCCO2)cc1)NC[C@@H]1CCCO1. The van der Waals surface area contributed by atoms with Gasteiger partial charge in [-0.3, -0.25) is 14.4 Å². The fourth-order valence-corrected chi connectivity index (χ4v) is 3.19. The number of benzene rings is 1. The van der Waals surface area contributed by atoms with E-state index < -0.39 is 11.8 Å². The number of nitrogens with one attached hydrogen (secondary N) is 3. The maximum atomic E-state index is 11.8. The second-order valence-corrected chi connectivity index (χ2v) is 7.34. The van der Waals surface area contributed by atoms with Crippen LogP contribution in [0.4, 0.5) is 0 Å². The van der Waals surface area contributed by atoms with Crippen LogP contribution in [0.15, 0.2) is 29.4 Å². The first-order chi connectivity index (χ1) is 15.1. The number of carbonyl (C=O) groups excluding carboxylic acids is 3. The first-order valence-electron chi connectivity index (χ1n) is 10.4. The van der Waals surface area contributed by atoms with E-state index in [1.165, 1.54) is 6.21 Å². The van der Waals surface area contributed by atoms with Gasteiger partial charge in [-0.15, -0.1) is 0 Å². The average molecular weight is 432 g/mol. The molecule has 2 fully saturated rings. The monoisotopic (exact) mass is 432 g/mol. The number of hydrazone groups is 1. The lowest BCUT2D eigenvalue weighted by Gasteiger charge is -2.11. The number of amides is 3. The molecule has 168 valence electrons. The summed E-state index contributed by atoms with van der Waals surface area (Å²) in [5, 5.41) is 9.09. The van der Waals surface area contributed by atoms with Gasteiger partial charge >= 0.3 is 11.8 Å². The summed E-state index contributed by atoms with van der Waals surface area (Å²) in [5.74, 6) is -1.28. The molecule has 2 atom stereocenters. The molecule has 2 aliphatic heterocycles. The molecule has 1 aromatic rings. The van der Waals surface area contributed by atoms with Gasteiger partial charge in [-0.05, 0) is 55.5 Å². The van der Waals surface area contributed by atoms with Crippen molar-refractivity contribution in [2.45, 2.75) is 37.9 Å². The van der Waals surface area contributed by atoms with Gasteiger partial charge in [0.25, 0.3) is 5.91 Å². The maximum absolute atomic E-state index is 11.8. The third-order valence-electron chi connectivity index (χ3n) is 4.90. The Kier molecular flexibility index (Phi) is 8.80. The molecule has 0 aromatic heterocycles. The van der Waals surface area contributed by atoms with Gasteiger partial charge in [0.1, 0.15) is 5.75 Å². The van der Waals surface area contributed by atoms with Crippen LogP contribution in [0.25, 0.3) is 0 Å². The molecular formula is C21H28N4O6. The fourth-order valence-electron chi connectivity index (χ4n) is 3.19. The molecule has 0 bridgehead atoms. The summed E-state index contributed by atoms with van der Waals surface area (Å²) in [6, 6.07) is 6.80. The van der Waals surface area contributed by atoms with E-state index in [1.54, 1.807) is 24.3 Å². The molecule has 0 saturated carbocycles. The van der Waals surface area contributed by atoms with Crippen molar-refractivity contribution < 1.29 is 28.6 Å². The Labute approximate surface area is 180 Å². The number of hydrogen-bond donors (Lipinski definition) is 3. The van der Waals surface area contributed by atoms with Crippen LogP contribution >= 0.6 is 0 Å². The van der Waals surface area contributed by atoms with Gasteiger partial charge in [-0.2, -0.15) is 5.10 Å². The van der Waals surface area contributed by atoms with Crippen LogP contribution in [0.5, 0.6) is 5.75 Å². The van der Waals surface area contributed by atoms with Gasteiger partial charge in [-0.25, -0.2) is 5.43 Å². The predicted octanol–water partition coefficient (Wildman–Crippen LogP) is 0.106. The Morgan fingerprint density at radius 1 is 0.968 bits per heavy atom. The highest BCUT2D eigenvalue weighted by atomic mass is 16.5. The molecule has 10 heteroatoms. The molecular weight excluding hydrogens is 404 g/mol. The second-order valence-electron chi connectivity index (χ2n) is 7.34. The van der Waals surface area contributed by atoms with Crippen molar-refractivity contribution in [3.63, 3.8) is 0 Å². The molecule has 0 spiro atoms. The molecule has 0 aliphatic carbocycles. The van der Waals surface area contributed by atoms with Crippen molar-refractivity contribution in [2.24, 2.45) is 5.10 Å². The lowest BCUT2D eigenvalue weighted by atomic mass is 10.2. The largest absolute Gasteiger partial charge is 0.484 e. The van der Waals surface area contributed by atoms with Crippen molar-refractivity contribution in [1.82, 2.24) is 16.1 Å². The van der Waals surface area contributed by atoms with Crippen LogP contribution in [0.3, 0.4) is 0 Å². The van der Waals surface area contributed by atoms with Crippen LogP contribution < -0.4 is 20.8 Å². The average Bonchev–Trinajstić information content (AvgIpc) is 3.49. The minimum Gasteiger partial charge on any atom is -0.484 e. The van der Waals surface area contributed by atoms with E-state index in [0.717, 1.165) is 32.3 Å². The van der Waals surface area contributed by atoms with Crippen LogP contribution in [-0.4, -0.2) is 69.1 Å². The van der Waals surface area contributed by atoms with Crippen molar-refractivity contribution in [2.75, 3.05) is 32.9 Å². The topological polar surface area (TPSA) is 127 Å². The minimum absolute atomic E-state index is 0.0339. The van der Waals surface area contributed by atoms with Gasteiger partial charge in [0.2, 0.25) is 0 Å². The molecule has 3 rings (SSSR count). The Balaban J connectivity index is 1.32. The Morgan fingerprint density at radius 3 is 2.23 bits per heavy atom.